The Hall–Kier alpha value is -5.38. The average Bonchev–Trinajstić information content (AvgIpc) is 3.46. The molecule has 10 heteroatoms. The van der Waals surface area contributed by atoms with Gasteiger partial charge < -0.3 is 20.4 Å². The van der Waals surface area contributed by atoms with Crippen molar-refractivity contribution in [2.45, 2.75) is 25.3 Å². The number of hydrogen-bond acceptors (Lipinski definition) is 5. The number of rotatable bonds is 7. The molecule has 0 atom stereocenters. The fraction of sp³-hybridized carbons (Fsp3) is 0.171. The highest BCUT2D eigenvalue weighted by atomic mass is 19.3. The molecular weight excluding hydrogens is 581 g/mol. The lowest BCUT2D eigenvalue weighted by atomic mass is 9.96. The number of piperidine rings is 1. The highest BCUT2D eigenvalue weighted by molar-refractivity contribution is 5.98. The van der Waals surface area contributed by atoms with Gasteiger partial charge in [-0.1, -0.05) is 24.3 Å². The van der Waals surface area contributed by atoms with Crippen molar-refractivity contribution in [2.75, 3.05) is 18.8 Å². The molecule has 0 unspecified atom stereocenters. The Balaban J connectivity index is 1.25. The summed E-state index contributed by atoms with van der Waals surface area (Å²) in [5.74, 6) is -2.85. The number of alkyl halides is 2. The number of nitrogens with one attached hydrogen (secondary N) is 1. The maximum Gasteiger partial charge on any atom is 0.253 e. The second kappa shape index (κ2) is 12.3. The molecular formula is C35H29F3N4O3. The van der Waals surface area contributed by atoms with E-state index in [1.165, 1.54) is 23.1 Å². The van der Waals surface area contributed by atoms with Crippen LogP contribution in [-0.4, -0.2) is 40.7 Å². The first kappa shape index (κ1) is 29.7. The van der Waals surface area contributed by atoms with Crippen molar-refractivity contribution >= 4 is 34.7 Å². The number of nitrogens with two attached hydrogens (primary N) is 1. The Morgan fingerprint density at radius 1 is 0.956 bits per heavy atom. The van der Waals surface area contributed by atoms with E-state index in [2.05, 4.69) is 10.3 Å². The molecule has 2 aromatic heterocycles. The number of hydrogen-bond donors (Lipinski definition) is 2. The van der Waals surface area contributed by atoms with Crippen LogP contribution in [0.3, 0.4) is 0 Å². The van der Waals surface area contributed by atoms with Gasteiger partial charge in [0.05, 0.1) is 6.54 Å². The quantitative estimate of drug-likeness (QED) is 0.192. The van der Waals surface area contributed by atoms with Gasteiger partial charge in [0.25, 0.3) is 11.8 Å². The van der Waals surface area contributed by atoms with E-state index in [1.807, 2.05) is 18.2 Å². The highest BCUT2D eigenvalue weighted by Crippen LogP contribution is 2.36. The summed E-state index contributed by atoms with van der Waals surface area (Å²) in [4.78, 5) is 30.8. The van der Waals surface area contributed by atoms with Crippen LogP contribution in [0.15, 0.2) is 95.6 Å². The number of halogens is 3. The molecule has 1 aliphatic rings. The second-order valence-corrected chi connectivity index (χ2v) is 11.0. The standard InChI is InChI=1S/C35H29F3N4O3/c36-28-3-1-2-25(17-28)30-19-26(23-6-8-24(9-7-23)34(44)42-14-12-35(37,38)13-15-42)16-27-18-29(45-33(27)30)21-41-32(43)11-5-22-4-10-31(39)40-20-22/h1-11,16-20H,12-15,21H2,(H2,39,40)(H,41,43). The van der Waals surface area contributed by atoms with Crippen LogP contribution >= 0.6 is 0 Å². The van der Waals surface area contributed by atoms with Gasteiger partial charge in [0.1, 0.15) is 23.0 Å². The predicted molar refractivity (Wildman–Crippen MR) is 167 cm³/mol. The third kappa shape index (κ3) is 6.90. The number of nitrogens with zero attached hydrogens (tertiary/aromatic N) is 2. The summed E-state index contributed by atoms with van der Waals surface area (Å²) >= 11 is 0. The van der Waals surface area contributed by atoms with Gasteiger partial charge in [-0.25, -0.2) is 18.2 Å². The molecule has 1 aliphatic heterocycles. The number of carbonyl (C=O) groups is 2. The van der Waals surface area contributed by atoms with Crippen molar-refractivity contribution in [2.24, 2.45) is 0 Å². The van der Waals surface area contributed by atoms with Crippen LogP contribution in [0, 0.1) is 5.82 Å². The van der Waals surface area contributed by atoms with Crippen LogP contribution < -0.4 is 11.1 Å². The number of aromatic nitrogens is 1. The van der Waals surface area contributed by atoms with E-state index in [0.717, 1.165) is 22.1 Å². The number of anilines is 1. The number of fused-ring (bicyclic) bond motifs is 1. The molecule has 5 aromatic rings. The molecule has 1 fully saturated rings. The van der Waals surface area contributed by atoms with Crippen LogP contribution in [0.25, 0.3) is 39.3 Å². The minimum Gasteiger partial charge on any atom is -0.459 e. The summed E-state index contributed by atoms with van der Waals surface area (Å²) in [6, 6.07) is 22.2. The monoisotopic (exact) mass is 610 g/mol. The van der Waals surface area contributed by atoms with Gasteiger partial charge in [-0.2, -0.15) is 0 Å². The van der Waals surface area contributed by atoms with Crippen LogP contribution in [0.4, 0.5) is 19.0 Å². The number of benzene rings is 3. The summed E-state index contributed by atoms with van der Waals surface area (Å²) in [7, 11) is 0. The average molecular weight is 611 g/mol. The lowest BCUT2D eigenvalue weighted by Crippen LogP contribution is -2.42. The molecule has 0 spiro atoms. The van der Waals surface area contributed by atoms with E-state index in [1.54, 1.807) is 60.8 Å². The lowest BCUT2D eigenvalue weighted by Gasteiger charge is -2.31. The van der Waals surface area contributed by atoms with Crippen LogP contribution in [0.5, 0.6) is 0 Å². The number of likely N-dealkylation sites (tertiary alicyclic amines) is 1. The molecule has 0 radical (unpaired) electrons. The molecule has 228 valence electrons. The maximum absolute atomic E-state index is 14.3. The number of amides is 2. The van der Waals surface area contributed by atoms with Gasteiger partial charge >= 0.3 is 0 Å². The minimum atomic E-state index is -2.73. The molecule has 7 nitrogen and oxygen atoms in total. The molecule has 0 aliphatic carbocycles. The normalized spacial score (nSPS) is 14.6. The molecule has 45 heavy (non-hydrogen) atoms. The van der Waals surface area contributed by atoms with E-state index in [4.69, 9.17) is 10.2 Å². The number of pyridine rings is 1. The second-order valence-electron chi connectivity index (χ2n) is 11.0. The first-order valence-corrected chi connectivity index (χ1v) is 14.4. The molecule has 1 saturated heterocycles. The maximum atomic E-state index is 14.3. The van der Waals surface area contributed by atoms with E-state index < -0.39 is 11.7 Å². The SMILES string of the molecule is Nc1ccc(C=CC(=O)NCc2cc3cc(-c4ccc(C(=O)N5CCC(F)(F)CC5)cc4)cc(-c4cccc(F)c4)c3o2)cn1. The van der Waals surface area contributed by atoms with Crippen molar-refractivity contribution in [3.8, 4) is 22.3 Å². The van der Waals surface area contributed by atoms with Crippen molar-refractivity contribution in [3.05, 3.63) is 114 Å². The number of furan rings is 1. The van der Waals surface area contributed by atoms with Crippen molar-refractivity contribution in [3.63, 3.8) is 0 Å². The number of carbonyl (C=O) groups excluding carboxylic acids is 2. The van der Waals surface area contributed by atoms with Crippen LogP contribution in [-0.2, 0) is 11.3 Å². The molecule has 0 bridgehead atoms. The van der Waals surface area contributed by atoms with Gasteiger partial charge in [0.15, 0.2) is 0 Å². The van der Waals surface area contributed by atoms with Gasteiger partial charge in [-0.3, -0.25) is 9.59 Å². The van der Waals surface area contributed by atoms with Crippen LogP contribution in [0.2, 0.25) is 0 Å². The fourth-order valence-corrected chi connectivity index (χ4v) is 5.28. The summed E-state index contributed by atoms with van der Waals surface area (Å²) in [5, 5.41) is 3.55. The fourth-order valence-electron chi connectivity index (χ4n) is 5.28. The van der Waals surface area contributed by atoms with Gasteiger partial charge in [0.2, 0.25) is 5.91 Å². The van der Waals surface area contributed by atoms with E-state index in [0.29, 0.717) is 33.9 Å². The van der Waals surface area contributed by atoms with Gasteiger partial charge in [-0.05, 0) is 82.9 Å². The molecule has 3 N–H and O–H groups in total. The Labute approximate surface area is 257 Å². The zero-order chi connectivity index (χ0) is 31.6. The predicted octanol–water partition coefficient (Wildman–Crippen LogP) is 7.08. The molecule has 3 heterocycles. The first-order valence-electron chi connectivity index (χ1n) is 14.4. The van der Waals surface area contributed by atoms with Crippen molar-refractivity contribution in [1.29, 1.82) is 0 Å². The Morgan fingerprint density at radius 3 is 2.44 bits per heavy atom. The van der Waals surface area contributed by atoms with Crippen molar-refractivity contribution in [1.82, 2.24) is 15.2 Å². The van der Waals surface area contributed by atoms with E-state index in [-0.39, 0.29) is 44.3 Å². The zero-order valence-corrected chi connectivity index (χ0v) is 24.1. The largest absolute Gasteiger partial charge is 0.459 e. The Bertz CT molecular complexity index is 1890. The zero-order valence-electron chi connectivity index (χ0n) is 24.1. The molecule has 2 amide bonds. The van der Waals surface area contributed by atoms with Crippen molar-refractivity contribution < 1.29 is 27.2 Å². The molecule has 6 rings (SSSR count). The smallest absolute Gasteiger partial charge is 0.253 e. The summed E-state index contributed by atoms with van der Waals surface area (Å²) in [5.41, 5.74) is 10.1. The number of nitrogen functional groups attached to an aromatic ring is 1. The molecule has 0 saturated carbocycles. The first-order chi connectivity index (χ1) is 21.6. The third-order valence-electron chi connectivity index (χ3n) is 7.72. The summed E-state index contributed by atoms with van der Waals surface area (Å²) in [6.45, 7) is 0.150. The minimum absolute atomic E-state index is 0.0148. The highest BCUT2D eigenvalue weighted by Gasteiger charge is 2.35. The third-order valence-corrected chi connectivity index (χ3v) is 7.72. The molecule has 3 aromatic carbocycles. The Kier molecular flexibility index (Phi) is 8.12. The van der Waals surface area contributed by atoms with Gasteiger partial charge in [-0.15, -0.1) is 0 Å². The van der Waals surface area contributed by atoms with E-state index >= 15 is 0 Å². The van der Waals surface area contributed by atoms with Gasteiger partial charge in [0, 0.05) is 54.7 Å². The Morgan fingerprint density at radius 2 is 1.73 bits per heavy atom. The topological polar surface area (TPSA) is 101 Å². The summed E-state index contributed by atoms with van der Waals surface area (Å²) < 4.78 is 47.5. The van der Waals surface area contributed by atoms with Crippen LogP contribution in [0.1, 0.15) is 34.5 Å². The van der Waals surface area contributed by atoms with E-state index in [9.17, 15) is 22.8 Å². The lowest BCUT2D eigenvalue weighted by molar-refractivity contribution is -0.116. The summed E-state index contributed by atoms with van der Waals surface area (Å²) in [6.07, 6.45) is 3.90.